The van der Waals surface area contributed by atoms with Gasteiger partial charge in [-0.2, -0.15) is 0 Å². The SMILES string of the molecule is COCCCC[C@]1(C)CCC[C@]1(C)c1ccccc1. The van der Waals surface area contributed by atoms with Crippen LogP contribution < -0.4 is 0 Å². The Bertz CT molecular complexity index is 386. The summed E-state index contributed by atoms with van der Waals surface area (Å²) < 4.78 is 5.18. The molecule has 0 radical (unpaired) electrons. The number of hydrogen-bond donors (Lipinski definition) is 0. The van der Waals surface area contributed by atoms with Gasteiger partial charge in [0, 0.05) is 13.7 Å². The summed E-state index contributed by atoms with van der Waals surface area (Å²) in [5, 5.41) is 0. The molecule has 0 aromatic heterocycles. The van der Waals surface area contributed by atoms with Crippen molar-refractivity contribution < 1.29 is 4.74 Å². The Balaban J connectivity index is 2.10. The Morgan fingerprint density at radius 2 is 1.79 bits per heavy atom. The van der Waals surface area contributed by atoms with E-state index in [-0.39, 0.29) is 0 Å². The molecule has 0 N–H and O–H groups in total. The number of hydrogen-bond acceptors (Lipinski definition) is 1. The zero-order chi connectivity index (χ0) is 13.8. The van der Waals surface area contributed by atoms with E-state index in [1.165, 1.54) is 44.1 Å². The van der Waals surface area contributed by atoms with Crippen molar-refractivity contribution in [1.29, 1.82) is 0 Å². The molecular weight excluding hydrogens is 232 g/mol. The van der Waals surface area contributed by atoms with Crippen LogP contribution in [0.4, 0.5) is 0 Å². The Morgan fingerprint density at radius 3 is 2.47 bits per heavy atom. The van der Waals surface area contributed by atoms with Crippen molar-refractivity contribution in [2.75, 3.05) is 13.7 Å². The maximum absolute atomic E-state index is 5.18. The number of benzene rings is 1. The number of rotatable bonds is 6. The molecule has 0 unspecified atom stereocenters. The van der Waals surface area contributed by atoms with Gasteiger partial charge >= 0.3 is 0 Å². The van der Waals surface area contributed by atoms with Gasteiger partial charge in [-0.1, -0.05) is 57.0 Å². The van der Waals surface area contributed by atoms with Crippen molar-refractivity contribution in [3.05, 3.63) is 35.9 Å². The van der Waals surface area contributed by atoms with E-state index in [0.717, 1.165) is 6.61 Å². The van der Waals surface area contributed by atoms with Gasteiger partial charge in [-0.05, 0) is 42.1 Å². The van der Waals surface area contributed by atoms with Crippen LogP contribution in [-0.4, -0.2) is 13.7 Å². The molecular formula is C18H28O. The molecule has 0 amide bonds. The van der Waals surface area contributed by atoms with Crippen LogP contribution >= 0.6 is 0 Å². The second-order valence-corrected chi connectivity index (χ2v) is 6.56. The van der Waals surface area contributed by atoms with Gasteiger partial charge in [-0.15, -0.1) is 0 Å². The molecule has 0 aliphatic heterocycles. The zero-order valence-electron chi connectivity index (χ0n) is 12.7. The normalized spacial score (nSPS) is 30.7. The van der Waals surface area contributed by atoms with Gasteiger partial charge in [0.2, 0.25) is 0 Å². The van der Waals surface area contributed by atoms with Crippen LogP contribution in [0.1, 0.15) is 57.9 Å². The first-order valence-corrected chi connectivity index (χ1v) is 7.67. The maximum atomic E-state index is 5.18. The van der Waals surface area contributed by atoms with E-state index >= 15 is 0 Å². The lowest BCUT2D eigenvalue weighted by Gasteiger charge is -2.42. The highest BCUT2D eigenvalue weighted by molar-refractivity contribution is 5.29. The summed E-state index contributed by atoms with van der Waals surface area (Å²) in [7, 11) is 1.80. The molecule has 1 aliphatic rings. The summed E-state index contributed by atoms with van der Waals surface area (Å²) in [5.74, 6) is 0. The van der Waals surface area contributed by atoms with Gasteiger partial charge in [0.15, 0.2) is 0 Å². The van der Waals surface area contributed by atoms with Gasteiger partial charge in [-0.3, -0.25) is 0 Å². The fourth-order valence-electron chi connectivity index (χ4n) is 3.87. The largest absolute Gasteiger partial charge is 0.385 e. The minimum atomic E-state index is 0.349. The molecule has 2 atom stereocenters. The lowest BCUT2D eigenvalue weighted by atomic mass is 9.62. The standard InChI is InChI=1S/C18H28O/c1-17(12-7-8-15-19-3)13-9-14-18(17,2)16-10-5-4-6-11-16/h4-6,10-11H,7-9,12-15H2,1-3H3/t17-,18-/m1/s1. The van der Waals surface area contributed by atoms with E-state index in [2.05, 4.69) is 44.2 Å². The fourth-order valence-corrected chi connectivity index (χ4v) is 3.87. The van der Waals surface area contributed by atoms with Gasteiger partial charge in [-0.25, -0.2) is 0 Å². The summed E-state index contributed by atoms with van der Waals surface area (Å²) in [6.07, 6.45) is 7.86. The molecule has 1 nitrogen and oxygen atoms in total. The molecule has 1 aliphatic carbocycles. The maximum Gasteiger partial charge on any atom is 0.0462 e. The Kier molecular flexibility index (Phi) is 4.67. The highest BCUT2D eigenvalue weighted by Crippen LogP contribution is 2.56. The fraction of sp³-hybridized carbons (Fsp3) is 0.667. The van der Waals surface area contributed by atoms with E-state index in [9.17, 15) is 0 Å². The first kappa shape index (κ1) is 14.6. The summed E-state index contributed by atoms with van der Waals surface area (Å²) >= 11 is 0. The van der Waals surface area contributed by atoms with E-state index in [1.807, 2.05) is 0 Å². The third kappa shape index (κ3) is 2.86. The van der Waals surface area contributed by atoms with Crippen LogP contribution in [0.2, 0.25) is 0 Å². The summed E-state index contributed by atoms with van der Waals surface area (Å²) in [4.78, 5) is 0. The lowest BCUT2D eigenvalue weighted by molar-refractivity contribution is 0.154. The first-order chi connectivity index (χ1) is 9.12. The van der Waals surface area contributed by atoms with E-state index < -0.39 is 0 Å². The molecule has 1 heteroatoms. The molecule has 19 heavy (non-hydrogen) atoms. The van der Waals surface area contributed by atoms with E-state index in [1.54, 1.807) is 7.11 Å². The lowest BCUT2D eigenvalue weighted by Crippen LogP contribution is -2.36. The quantitative estimate of drug-likeness (QED) is 0.657. The third-order valence-corrected chi connectivity index (χ3v) is 5.48. The van der Waals surface area contributed by atoms with Crippen molar-refractivity contribution in [2.24, 2.45) is 5.41 Å². The van der Waals surface area contributed by atoms with Crippen LogP contribution in [0.25, 0.3) is 0 Å². The number of unbranched alkanes of at least 4 members (excludes halogenated alkanes) is 1. The topological polar surface area (TPSA) is 9.23 Å². The Morgan fingerprint density at radius 1 is 1.05 bits per heavy atom. The van der Waals surface area contributed by atoms with E-state index in [4.69, 9.17) is 4.74 Å². The average molecular weight is 260 g/mol. The Hall–Kier alpha value is -0.820. The predicted octanol–water partition coefficient (Wildman–Crippen LogP) is 4.95. The van der Waals surface area contributed by atoms with Gasteiger partial charge in [0.25, 0.3) is 0 Å². The molecule has 2 rings (SSSR count). The molecule has 1 saturated carbocycles. The number of methoxy groups -OCH3 is 1. The van der Waals surface area contributed by atoms with Crippen molar-refractivity contribution in [1.82, 2.24) is 0 Å². The Labute approximate surface area is 118 Å². The van der Waals surface area contributed by atoms with Crippen molar-refractivity contribution in [3.8, 4) is 0 Å². The smallest absolute Gasteiger partial charge is 0.0462 e. The van der Waals surface area contributed by atoms with Crippen LogP contribution in [0.5, 0.6) is 0 Å². The molecule has 1 fully saturated rings. The van der Waals surface area contributed by atoms with Gasteiger partial charge in [0.05, 0.1) is 0 Å². The summed E-state index contributed by atoms with van der Waals surface area (Å²) in [6.45, 7) is 5.88. The molecule has 0 spiro atoms. The van der Waals surface area contributed by atoms with E-state index in [0.29, 0.717) is 10.8 Å². The van der Waals surface area contributed by atoms with Crippen LogP contribution in [0.15, 0.2) is 30.3 Å². The van der Waals surface area contributed by atoms with Gasteiger partial charge < -0.3 is 4.74 Å². The van der Waals surface area contributed by atoms with Crippen molar-refractivity contribution in [2.45, 2.75) is 57.8 Å². The van der Waals surface area contributed by atoms with Gasteiger partial charge in [0.1, 0.15) is 0 Å². The highest BCUT2D eigenvalue weighted by Gasteiger charge is 2.48. The average Bonchev–Trinajstić information content (AvgIpc) is 2.73. The molecule has 0 bridgehead atoms. The molecule has 0 saturated heterocycles. The van der Waals surface area contributed by atoms with Crippen LogP contribution in [-0.2, 0) is 10.2 Å². The van der Waals surface area contributed by atoms with Crippen LogP contribution in [0, 0.1) is 5.41 Å². The summed E-state index contributed by atoms with van der Waals surface area (Å²) in [5.41, 5.74) is 2.32. The molecule has 1 aromatic carbocycles. The molecule has 106 valence electrons. The number of ether oxygens (including phenoxy) is 1. The second-order valence-electron chi connectivity index (χ2n) is 6.56. The third-order valence-electron chi connectivity index (χ3n) is 5.48. The molecule has 0 heterocycles. The van der Waals surface area contributed by atoms with Crippen LogP contribution in [0.3, 0.4) is 0 Å². The second kappa shape index (κ2) is 6.09. The zero-order valence-corrected chi connectivity index (χ0v) is 12.7. The molecule has 1 aromatic rings. The van der Waals surface area contributed by atoms with Crippen molar-refractivity contribution >= 4 is 0 Å². The minimum Gasteiger partial charge on any atom is -0.385 e. The monoisotopic (exact) mass is 260 g/mol. The first-order valence-electron chi connectivity index (χ1n) is 7.67. The highest BCUT2D eigenvalue weighted by atomic mass is 16.5. The summed E-state index contributed by atoms with van der Waals surface area (Å²) in [6, 6.07) is 11.1. The van der Waals surface area contributed by atoms with Crippen molar-refractivity contribution in [3.63, 3.8) is 0 Å². The minimum absolute atomic E-state index is 0.349. The predicted molar refractivity (Wildman–Crippen MR) is 81.5 cm³/mol.